The van der Waals surface area contributed by atoms with E-state index in [4.69, 9.17) is 4.42 Å². The van der Waals surface area contributed by atoms with E-state index < -0.39 is 5.60 Å². The van der Waals surface area contributed by atoms with Crippen molar-refractivity contribution in [3.63, 3.8) is 0 Å². The Morgan fingerprint density at radius 2 is 2.04 bits per heavy atom. The van der Waals surface area contributed by atoms with Crippen LogP contribution in [0.1, 0.15) is 30.6 Å². The van der Waals surface area contributed by atoms with Crippen LogP contribution in [0.15, 0.2) is 40.8 Å². The maximum absolute atomic E-state index is 10.2. The first-order chi connectivity index (χ1) is 11.1. The van der Waals surface area contributed by atoms with Crippen LogP contribution in [0.4, 0.5) is 0 Å². The summed E-state index contributed by atoms with van der Waals surface area (Å²) < 4.78 is 5.70. The van der Waals surface area contributed by atoms with Gasteiger partial charge in [0.1, 0.15) is 11.5 Å². The van der Waals surface area contributed by atoms with Crippen molar-refractivity contribution in [2.24, 2.45) is 0 Å². The maximum atomic E-state index is 10.2. The molecule has 1 atom stereocenters. The maximum Gasteiger partial charge on any atom is 0.134 e. The SMILES string of the molecule is Cc1ccc(-c2cccc(CN3CCCC(O)(CO)CC3)c2)o1. The molecule has 1 unspecified atom stereocenters. The van der Waals surface area contributed by atoms with Crippen LogP contribution < -0.4 is 0 Å². The van der Waals surface area contributed by atoms with E-state index in [1.54, 1.807) is 0 Å². The van der Waals surface area contributed by atoms with E-state index in [1.807, 2.05) is 19.1 Å². The van der Waals surface area contributed by atoms with Gasteiger partial charge in [0, 0.05) is 18.7 Å². The molecule has 124 valence electrons. The highest BCUT2D eigenvalue weighted by Gasteiger charge is 2.29. The molecule has 1 aromatic heterocycles. The fourth-order valence-electron chi connectivity index (χ4n) is 3.22. The summed E-state index contributed by atoms with van der Waals surface area (Å²) in [4.78, 5) is 2.35. The van der Waals surface area contributed by atoms with Crippen molar-refractivity contribution in [2.75, 3.05) is 19.7 Å². The summed E-state index contributed by atoms with van der Waals surface area (Å²) in [5, 5.41) is 19.6. The fourth-order valence-corrected chi connectivity index (χ4v) is 3.22. The Bertz CT molecular complexity index is 652. The lowest BCUT2D eigenvalue weighted by Gasteiger charge is -2.24. The number of likely N-dealkylation sites (tertiary alicyclic amines) is 1. The number of nitrogens with zero attached hydrogens (tertiary/aromatic N) is 1. The Balaban J connectivity index is 1.68. The molecule has 2 heterocycles. The van der Waals surface area contributed by atoms with Crippen LogP contribution >= 0.6 is 0 Å². The van der Waals surface area contributed by atoms with Gasteiger partial charge in [-0.3, -0.25) is 4.90 Å². The molecular weight excluding hydrogens is 290 g/mol. The molecule has 0 bridgehead atoms. The number of aliphatic hydroxyl groups excluding tert-OH is 1. The van der Waals surface area contributed by atoms with E-state index in [2.05, 4.69) is 29.2 Å². The summed E-state index contributed by atoms with van der Waals surface area (Å²) in [5.41, 5.74) is 1.44. The molecule has 1 saturated heterocycles. The van der Waals surface area contributed by atoms with E-state index in [-0.39, 0.29) is 6.61 Å². The van der Waals surface area contributed by atoms with Gasteiger partial charge in [0.2, 0.25) is 0 Å². The first-order valence-electron chi connectivity index (χ1n) is 8.29. The summed E-state index contributed by atoms with van der Waals surface area (Å²) in [5.74, 6) is 1.82. The van der Waals surface area contributed by atoms with Crippen LogP contribution in [0.5, 0.6) is 0 Å². The zero-order valence-corrected chi connectivity index (χ0v) is 13.7. The molecule has 4 nitrogen and oxygen atoms in total. The van der Waals surface area contributed by atoms with Gasteiger partial charge >= 0.3 is 0 Å². The summed E-state index contributed by atoms with van der Waals surface area (Å²) in [6.07, 6.45) is 2.21. The lowest BCUT2D eigenvalue weighted by molar-refractivity contribution is -0.0255. The van der Waals surface area contributed by atoms with Crippen LogP contribution in [0.2, 0.25) is 0 Å². The van der Waals surface area contributed by atoms with Gasteiger partial charge in [-0.05, 0) is 56.5 Å². The van der Waals surface area contributed by atoms with Gasteiger partial charge in [0.05, 0.1) is 12.2 Å². The van der Waals surface area contributed by atoms with Crippen LogP contribution in [0.25, 0.3) is 11.3 Å². The van der Waals surface area contributed by atoms with Gasteiger partial charge in [-0.2, -0.15) is 0 Å². The second-order valence-corrected chi connectivity index (χ2v) is 6.62. The minimum atomic E-state index is -0.901. The third kappa shape index (κ3) is 4.02. The molecule has 0 spiro atoms. The predicted octanol–water partition coefficient (Wildman–Crippen LogP) is 2.96. The Hall–Kier alpha value is -1.62. The van der Waals surface area contributed by atoms with Crippen molar-refractivity contribution in [2.45, 2.75) is 38.3 Å². The zero-order chi connectivity index (χ0) is 16.3. The molecule has 3 rings (SSSR count). The Morgan fingerprint density at radius 3 is 2.78 bits per heavy atom. The molecule has 1 aliphatic rings. The summed E-state index contributed by atoms with van der Waals surface area (Å²) >= 11 is 0. The second kappa shape index (κ2) is 6.87. The van der Waals surface area contributed by atoms with Gasteiger partial charge in [0.15, 0.2) is 0 Å². The third-order valence-corrected chi connectivity index (χ3v) is 4.66. The number of benzene rings is 1. The van der Waals surface area contributed by atoms with E-state index in [0.717, 1.165) is 43.1 Å². The molecule has 23 heavy (non-hydrogen) atoms. The van der Waals surface area contributed by atoms with Crippen LogP contribution in [0, 0.1) is 6.92 Å². The van der Waals surface area contributed by atoms with Gasteiger partial charge in [-0.1, -0.05) is 18.2 Å². The minimum absolute atomic E-state index is 0.145. The Kier molecular flexibility index (Phi) is 4.85. The monoisotopic (exact) mass is 315 g/mol. The average Bonchev–Trinajstić information content (AvgIpc) is 2.90. The topological polar surface area (TPSA) is 56.8 Å². The molecule has 1 aromatic carbocycles. The van der Waals surface area contributed by atoms with E-state index in [0.29, 0.717) is 12.8 Å². The molecule has 1 aliphatic heterocycles. The van der Waals surface area contributed by atoms with Gasteiger partial charge < -0.3 is 14.6 Å². The van der Waals surface area contributed by atoms with Crippen molar-refractivity contribution < 1.29 is 14.6 Å². The molecule has 0 saturated carbocycles. The highest BCUT2D eigenvalue weighted by Crippen LogP contribution is 2.25. The quantitative estimate of drug-likeness (QED) is 0.911. The average molecular weight is 315 g/mol. The second-order valence-electron chi connectivity index (χ2n) is 6.62. The lowest BCUT2D eigenvalue weighted by Crippen LogP contribution is -2.34. The molecule has 1 fully saturated rings. The Labute approximate surface area is 137 Å². The normalized spacial score (nSPS) is 22.9. The summed E-state index contributed by atoms with van der Waals surface area (Å²) in [6.45, 7) is 4.42. The number of hydrogen-bond acceptors (Lipinski definition) is 4. The molecule has 2 N–H and O–H groups in total. The molecular formula is C19H25NO3. The van der Waals surface area contributed by atoms with Crippen molar-refractivity contribution in [1.82, 2.24) is 4.90 Å². The number of aliphatic hydroxyl groups is 2. The summed E-state index contributed by atoms with van der Waals surface area (Å²) in [7, 11) is 0. The largest absolute Gasteiger partial charge is 0.461 e. The zero-order valence-electron chi connectivity index (χ0n) is 13.7. The van der Waals surface area contributed by atoms with Crippen molar-refractivity contribution >= 4 is 0 Å². The minimum Gasteiger partial charge on any atom is -0.461 e. The van der Waals surface area contributed by atoms with Crippen LogP contribution in [-0.4, -0.2) is 40.4 Å². The number of aryl methyl sites for hydroxylation is 1. The van der Waals surface area contributed by atoms with Gasteiger partial charge in [-0.15, -0.1) is 0 Å². The lowest BCUT2D eigenvalue weighted by atomic mass is 9.96. The Morgan fingerprint density at radius 1 is 1.17 bits per heavy atom. The molecule has 0 amide bonds. The smallest absolute Gasteiger partial charge is 0.134 e. The van der Waals surface area contributed by atoms with Crippen molar-refractivity contribution in [3.05, 3.63) is 47.7 Å². The first-order valence-corrected chi connectivity index (χ1v) is 8.29. The van der Waals surface area contributed by atoms with Crippen LogP contribution in [-0.2, 0) is 6.54 Å². The van der Waals surface area contributed by atoms with E-state index in [9.17, 15) is 10.2 Å². The van der Waals surface area contributed by atoms with Gasteiger partial charge in [-0.25, -0.2) is 0 Å². The number of hydrogen-bond donors (Lipinski definition) is 2. The highest BCUT2D eigenvalue weighted by atomic mass is 16.3. The summed E-state index contributed by atoms with van der Waals surface area (Å²) in [6, 6.07) is 12.4. The van der Waals surface area contributed by atoms with Gasteiger partial charge in [0.25, 0.3) is 0 Å². The predicted molar refractivity (Wildman–Crippen MR) is 90.0 cm³/mol. The molecule has 0 aliphatic carbocycles. The molecule has 4 heteroatoms. The standard InChI is InChI=1S/C19H25NO3/c1-15-6-7-18(23-15)17-5-2-4-16(12-17)13-20-10-3-8-19(22,14-21)9-11-20/h2,4-7,12,21-22H,3,8-11,13-14H2,1H3. The molecule has 0 radical (unpaired) electrons. The first kappa shape index (κ1) is 16.2. The number of furan rings is 1. The highest BCUT2D eigenvalue weighted by molar-refractivity contribution is 5.58. The van der Waals surface area contributed by atoms with E-state index in [1.165, 1.54) is 5.56 Å². The number of rotatable bonds is 4. The van der Waals surface area contributed by atoms with Crippen molar-refractivity contribution in [1.29, 1.82) is 0 Å². The van der Waals surface area contributed by atoms with Crippen molar-refractivity contribution in [3.8, 4) is 11.3 Å². The molecule has 2 aromatic rings. The van der Waals surface area contributed by atoms with E-state index >= 15 is 0 Å². The third-order valence-electron chi connectivity index (χ3n) is 4.66. The van der Waals surface area contributed by atoms with Crippen LogP contribution in [0.3, 0.4) is 0 Å². The fraction of sp³-hybridized carbons (Fsp3) is 0.474.